The molecule has 104 valence electrons. The molecule has 0 fully saturated rings. The van der Waals surface area contributed by atoms with Gasteiger partial charge in [-0.25, -0.2) is 4.39 Å². The van der Waals surface area contributed by atoms with E-state index in [-0.39, 0.29) is 10.8 Å². The Morgan fingerprint density at radius 1 is 1.30 bits per heavy atom. The van der Waals surface area contributed by atoms with E-state index < -0.39 is 0 Å². The molecule has 20 heavy (non-hydrogen) atoms. The molecule has 0 saturated heterocycles. The Kier molecular flexibility index (Phi) is 4.63. The monoisotopic (exact) mass is 289 g/mol. The van der Waals surface area contributed by atoms with Crippen molar-refractivity contribution in [2.45, 2.75) is 6.42 Å². The van der Waals surface area contributed by atoms with Crippen LogP contribution in [0.5, 0.6) is 0 Å². The fourth-order valence-corrected chi connectivity index (χ4v) is 2.24. The summed E-state index contributed by atoms with van der Waals surface area (Å²) < 4.78 is 13.8. The fourth-order valence-electron chi connectivity index (χ4n) is 2.04. The van der Waals surface area contributed by atoms with Crippen LogP contribution in [-0.4, -0.2) is 23.6 Å². The van der Waals surface area contributed by atoms with Gasteiger partial charge in [0.1, 0.15) is 10.8 Å². The number of aromatic nitrogens is 1. The van der Waals surface area contributed by atoms with Crippen LogP contribution in [0, 0.1) is 5.82 Å². The summed E-state index contributed by atoms with van der Waals surface area (Å²) in [7, 11) is 1.90. The van der Waals surface area contributed by atoms with Crippen molar-refractivity contribution in [3.8, 4) is 0 Å². The zero-order valence-corrected chi connectivity index (χ0v) is 12.0. The molecule has 2 aromatic rings. The standard InChI is InChI=1S/C15H16FN3S/c1-19(10-7-11-5-8-18-9-6-11)13-4-2-3-12(16)14(13)15(17)20/h2-6,8-9H,7,10H2,1H3,(H2,17,20). The highest BCUT2D eigenvalue weighted by molar-refractivity contribution is 7.80. The summed E-state index contributed by atoms with van der Waals surface area (Å²) in [6, 6.07) is 8.79. The minimum absolute atomic E-state index is 0.0776. The van der Waals surface area contributed by atoms with Crippen LogP contribution in [0.25, 0.3) is 0 Å². The van der Waals surface area contributed by atoms with Crippen molar-refractivity contribution in [3.63, 3.8) is 0 Å². The first-order chi connectivity index (χ1) is 9.59. The number of nitrogens with zero attached hydrogens (tertiary/aromatic N) is 2. The van der Waals surface area contributed by atoms with Gasteiger partial charge in [0.2, 0.25) is 0 Å². The summed E-state index contributed by atoms with van der Waals surface area (Å²) in [6.07, 6.45) is 4.36. The molecule has 3 nitrogen and oxygen atoms in total. The maximum atomic E-state index is 13.8. The van der Waals surface area contributed by atoms with Gasteiger partial charge in [0.25, 0.3) is 0 Å². The van der Waals surface area contributed by atoms with Crippen LogP contribution in [-0.2, 0) is 6.42 Å². The second kappa shape index (κ2) is 6.43. The van der Waals surface area contributed by atoms with Gasteiger partial charge in [-0.05, 0) is 36.2 Å². The minimum Gasteiger partial charge on any atom is -0.389 e. The third kappa shape index (κ3) is 3.30. The molecule has 0 aliphatic carbocycles. The largest absolute Gasteiger partial charge is 0.389 e. The van der Waals surface area contributed by atoms with Crippen LogP contribution in [0.2, 0.25) is 0 Å². The lowest BCUT2D eigenvalue weighted by Crippen LogP contribution is -2.25. The molecule has 1 aromatic heterocycles. The molecule has 1 aromatic carbocycles. The SMILES string of the molecule is CN(CCc1ccncc1)c1cccc(F)c1C(N)=S. The number of nitrogens with two attached hydrogens (primary N) is 1. The Labute approximate surface area is 123 Å². The smallest absolute Gasteiger partial charge is 0.135 e. The molecule has 2 N–H and O–H groups in total. The van der Waals surface area contributed by atoms with Crippen LogP contribution in [0.15, 0.2) is 42.7 Å². The lowest BCUT2D eigenvalue weighted by Gasteiger charge is -2.22. The van der Waals surface area contributed by atoms with Gasteiger partial charge in [0.05, 0.1) is 5.56 Å². The summed E-state index contributed by atoms with van der Waals surface area (Å²) in [5.41, 5.74) is 7.82. The van der Waals surface area contributed by atoms with E-state index >= 15 is 0 Å². The third-order valence-electron chi connectivity index (χ3n) is 3.13. The molecule has 0 aliphatic rings. The van der Waals surface area contributed by atoms with Crippen LogP contribution < -0.4 is 10.6 Å². The predicted molar refractivity (Wildman–Crippen MR) is 83.5 cm³/mol. The highest BCUT2D eigenvalue weighted by Gasteiger charge is 2.14. The van der Waals surface area contributed by atoms with Gasteiger partial charge in [-0.1, -0.05) is 18.3 Å². The first kappa shape index (κ1) is 14.4. The van der Waals surface area contributed by atoms with Gasteiger partial charge in [-0.2, -0.15) is 0 Å². The first-order valence-corrected chi connectivity index (χ1v) is 6.69. The predicted octanol–water partition coefficient (Wildman–Crippen LogP) is 2.53. The highest BCUT2D eigenvalue weighted by Crippen LogP contribution is 2.22. The average Bonchev–Trinajstić information content (AvgIpc) is 2.45. The Morgan fingerprint density at radius 2 is 2.00 bits per heavy atom. The van der Waals surface area contributed by atoms with E-state index in [9.17, 15) is 4.39 Å². The maximum absolute atomic E-state index is 13.8. The van der Waals surface area contributed by atoms with E-state index in [0.717, 1.165) is 13.0 Å². The highest BCUT2D eigenvalue weighted by atomic mass is 32.1. The van der Waals surface area contributed by atoms with Gasteiger partial charge in [0, 0.05) is 31.7 Å². The summed E-state index contributed by atoms with van der Waals surface area (Å²) in [5, 5.41) is 0. The second-order valence-electron chi connectivity index (χ2n) is 4.53. The Balaban J connectivity index is 2.15. The third-order valence-corrected chi connectivity index (χ3v) is 3.34. The van der Waals surface area contributed by atoms with Crippen molar-refractivity contribution in [2.75, 3.05) is 18.5 Å². The van der Waals surface area contributed by atoms with Gasteiger partial charge in [0.15, 0.2) is 0 Å². The van der Waals surface area contributed by atoms with E-state index in [1.807, 2.05) is 30.1 Å². The average molecular weight is 289 g/mol. The molecule has 0 saturated carbocycles. The minimum atomic E-state index is -0.384. The van der Waals surface area contributed by atoms with Crippen LogP contribution >= 0.6 is 12.2 Å². The molecule has 0 atom stereocenters. The van der Waals surface area contributed by atoms with E-state index in [1.165, 1.54) is 11.6 Å². The van der Waals surface area contributed by atoms with Crippen molar-refractivity contribution in [2.24, 2.45) is 5.73 Å². The molecule has 5 heteroatoms. The molecule has 0 bridgehead atoms. The van der Waals surface area contributed by atoms with E-state index in [2.05, 4.69) is 4.98 Å². The van der Waals surface area contributed by atoms with Crippen LogP contribution in [0.1, 0.15) is 11.1 Å². The molecular formula is C15H16FN3S. The van der Waals surface area contributed by atoms with Gasteiger partial charge in [-0.3, -0.25) is 4.98 Å². The van der Waals surface area contributed by atoms with Crippen molar-refractivity contribution in [3.05, 3.63) is 59.7 Å². The number of benzene rings is 1. The topological polar surface area (TPSA) is 42.2 Å². The lowest BCUT2D eigenvalue weighted by atomic mass is 10.1. The molecule has 0 radical (unpaired) electrons. The molecule has 0 unspecified atom stereocenters. The van der Waals surface area contributed by atoms with Crippen LogP contribution in [0.3, 0.4) is 0 Å². The number of thiocarbonyl (C=S) groups is 1. The van der Waals surface area contributed by atoms with Crippen LogP contribution in [0.4, 0.5) is 10.1 Å². The zero-order chi connectivity index (χ0) is 14.5. The number of likely N-dealkylation sites (N-methyl/N-ethyl adjacent to an activating group) is 1. The number of pyridine rings is 1. The van der Waals surface area contributed by atoms with Gasteiger partial charge >= 0.3 is 0 Å². The summed E-state index contributed by atoms with van der Waals surface area (Å²) in [4.78, 5) is 6.02. The van der Waals surface area contributed by atoms with Gasteiger partial charge in [-0.15, -0.1) is 0 Å². The quantitative estimate of drug-likeness (QED) is 0.859. The molecular weight excluding hydrogens is 273 g/mol. The summed E-state index contributed by atoms with van der Waals surface area (Å²) in [6.45, 7) is 0.739. The van der Waals surface area contributed by atoms with Crippen molar-refractivity contribution < 1.29 is 4.39 Å². The van der Waals surface area contributed by atoms with Crippen molar-refractivity contribution >= 4 is 22.9 Å². The molecule has 0 aliphatic heterocycles. The number of rotatable bonds is 5. The lowest BCUT2D eigenvalue weighted by molar-refractivity contribution is 0.624. The molecule has 0 spiro atoms. The Bertz CT molecular complexity index is 601. The van der Waals surface area contributed by atoms with Gasteiger partial charge < -0.3 is 10.6 Å². The number of hydrogen-bond donors (Lipinski definition) is 1. The second-order valence-corrected chi connectivity index (χ2v) is 4.97. The first-order valence-electron chi connectivity index (χ1n) is 6.28. The normalized spacial score (nSPS) is 10.3. The van der Waals surface area contributed by atoms with E-state index in [4.69, 9.17) is 18.0 Å². The molecule has 1 heterocycles. The number of hydrogen-bond acceptors (Lipinski definition) is 3. The number of anilines is 1. The summed E-state index contributed by atoms with van der Waals surface area (Å²) in [5.74, 6) is -0.384. The van der Waals surface area contributed by atoms with E-state index in [0.29, 0.717) is 11.3 Å². The Hall–Kier alpha value is -2.01. The number of halogens is 1. The van der Waals surface area contributed by atoms with Crippen molar-refractivity contribution in [1.29, 1.82) is 0 Å². The maximum Gasteiger partial charge on any atom is 0.135 e. The Morgan fingerprint density at radius 3 is 2.65 bits per heavy atom. The fraction of sp³-hybridized carbons (Fsp3) is 0.200. The summed E-state index contributed by atoms with van der Waals surface area (Å²) >= 11 is 4.94. The zero-order valence-electron chi connectivity index (χ0n) is 11.2. The van der Waals surface area contributed by atoms with E-state index in [1.54, 1.807) is 18.5 Å². The molecule has 0 amide bonds. The molecule has 2 rings (SSSR count). The van der Waals surface area contributed by atoms with Crippen molar-refractivity contribution in [1.82, 2.24) is 4.98 Å².